The molecule has 1 N–H and O–H groups in total. The third-order valence-electron chi connectivity index (χ3n) is 5.38. The van der Waals surface area contributed by atoms with Crippen LogP contribution in [0.25, 0.3) is 10.9 Å². The Morgan fingerprint density at radius 1 is 1.35 bits per heavy atom. The summed E-state index contributed by atoms with van der Waals surface area (Å²) in [4.78, 5) is 6.79. The number of benzene rings is 1. The molecule has 23 heavy (non-hydrogen) atoms. The number of hydrogen-bond donors (Lipinski definition) is 1. The SMILES string of the molecule is C=CC1CN(C(C)C(O)c2ccnc3ccccc23)CCC1C. The van der Waals surface area contributed by atoms with Crippen molar-refractivity contribution >= 4 is 10.9 Å². The van der Waals surface area contributed by atoms with E-state index in [4.69, 9.17) is 0 Å². The molecule has 1 aromatic carbocycles. The smallest absolute Gasteiger partial charge is 0.0949 e. The summed E-state index contributed by atoms with van der Waals surface area (Å²) in [5.74, 6) is 1.18. The van der Waals surface area contributed by atoms with Crippen LogP contribution in [0.15, 0.2) is 49.2 Å². The number of para-hydroxylation sites is 1. The minimum absolute atomic E-state index is 0.0794. The Morgan fingerprint density at radius 3 is 2.91 bits per heavy atom. The second-order valence-corrected chi connectivity index (χ2v) is 6.76. The van der Waals surface area contributed by atoms with Gasteiger partial charge in [-0.1, -0.05) is 31.2 Å². The number of nitrogens with zero attached hydrogens (tertiary/aromatic N) is 2. The van der Waals surface area contributed by atoms with E-state index in [1.165, 1.54) is 0 Å². The Hall–Kier alpha value is -1.71. The van der Waals surface area contributed by atoms with Gasteiger partial charge in [0.1, 0.15) is 0 Å². The van der Waals surface area contributed by atoms with Crippen molar-refractivity contribution in [3.8, 4) is 0 Å². The van der Waals surface area contributed by atoms with Crippen LogP contribution in [0.5, 0.6) is 0 Å². The number of hydrogen-bond acceptors (Lipinski definition) is 3. The summed E-state index contributed by atoms with van der Waals surface area (Å²) < 4.78 is 0. The van der Waals surface area contributed by atoms with Gasteiger partial charge in [-0.2, -0.15) is 0 Å². The van der Waals surface area contributed by atoms with Gasteiger partial charge in [0.25, 0.3) is 0 Å². The maximum absolute atomic E-state index is 11.0. The van der Waals surface area contributed by atoms with Gasteiger partial charge < -0.3 is 5.11 Å². The maximum Gasteiger partial charge on any atom is 0.0949 e. The zero-order valence-corrected chi connectivity index (χ0v) is 14.0. The van der Waals surface area contributed by atoms with Gasteiger partial charge in [-0.05, 0) is 49.4 Å². The van der Waals surface area contributed by atoms with Crippen LogP contribution >= 0.6 is 0 Å². The van der Waals surface area contributed by atoms with E-state index in [9.17, 15) is 5.11 Å². The number of aliphatic hydroxyl groups is 1. The van der Waals surface area contributed by atoms with Gasteiger partial charge in [-0.25, -0.2) is 0 Å². The van der Waals surface area contributed by atoms with E-state index in [-0.39, 0.29) is 6.04 Å². The van der Waals surface area contributed by atoms with Crippen LogP contribution in [0.4, 0.5) is 0 Å². The predicted octanol–water partition coefficient (Wildman–Crippen LogP) is 3.80. The molecule has 122 valence electrons. The molecular formula is C20H26N2O. The van der Waals surface area contributed by atoms with Gasteiger partial charge in [0.15, 0.2) is 0 Å². The first-order chi connectivity index (χ1) is 11.1. The maximum atomic E-state index is 11.0. The van der Waals surface area contributed by atoms with E-state index < -0.39 is 6.10 Å². The van der Waals surface area contributed by atoms with Crippen LogP contribution in [0, 0.1) is 11.8 Å². The lowest BCUT2D eigenvalue weighted by Gasteiger charge is -2.40. The second-order valence-electron chi connectivity index (χ2n) is 6.76. The van der Waals surface area contributed by atoms with Gasteiger partial charge in [-0.3, -0.25) is 9.88 Å². The molecule has 1 aliphatic heterocycles. The number of aliphatic hydroxyl groups excluding tert-OH is 1. The highest BCUT2D eigenvalue weighted by Gasteiger charge is 2.30. The molecular weight excluding hydrogens is 284 g/mol. The fraction of sp³-hybridized carbons (Fsp3) is 0.450. The number of likely N-dealkylation sites (tertiary alicyclic amines) is 1. The lowest BCUT2D eigenvalue weighted by molar-refractivity contribution is 0.0277. The fourth-order valence-corrected chi connectivity index (χ4v) is 3.64. The molecule has 1 aliphatic rings. The predicted molar refractivity (Wildman–Crippen MR) is 95.2 cm³/mol. The Labute approximate surface area is 138 Å². The first-order valence-electron chi connectivity index (χ1n) is 8.50. The number of piperidine rings is 1. The summed E-state index contributed by atoms with van der Waals surface area (Å²) in [5.41, 5.74) is 1.91. The molecule has 2 aromatic rings. The van der Waals surface area contributed by atoms with Gasteiger partial charge >= 0.3 is 0 Å². The molecule has 3 rings (SSSR count). The summed E-state index contributed by atoms with van der Waals surface area (Å²) in [5, 5.41) is 12.0. The molecule has 0 radical (unpaired) electrons. The molecule has 1 aromatic heterocycles. The first-order valence-corrected chi connectivity index (χ1v) is 8.50. The standard InChI is InChI=1S/C20H26N2O/c1-4-16-13-22(12-10-14(16)2)15(3)20(23)18-9-11-21-19-8-6-5-7-17(18)19/h4-9,11,14-16,20,23H,1,10,12-13H2,2-3H3. The van der Waals surface area contributed by atoms with Crippen molar-refractivity contribution < 1.29 is 5.11 Å². The molecule has 2 heterocycles. The lowest BCUT2D eigenvalue weighted by atomic mass is 9.85. The van der Waals surface area contributed by atoms with Crippen LogP contribution in [-0.2, 0) is 0 Å². The average Bonchev–Trinajstić information content (AvgIpc) is 2.60. The third kappa shape index (κ3) is 3.17. The molecule has 1 saturated heterocycles. The minimum Gasteiger partial charge on any atom is -0.387 e. The third-order valence-corrected chi connectivity index (χ3v) is 5.38. The van der Waals surface area contributed by atoms with Crippen molar-refractivity contribution in [2.24, 2.45) is 11.8 Å². The van der Waals surface area contributed by atoms with E-state index >= 15 is 0 Å². The Kier molecular flexibility index (Phi) is 4.79. The van der Waals surface area contributed by atoms with E-state index in [1.54, 1.807) is 6.20 Å². The Balaban J connectivity index is 1.84. The highest BCUT2D eigenvalue weighted by molar-refractivity contribution is 5.82. The number of aromatic nitrogens is 1. The molecule has 3 nitrogen and oxygen atoms in total. The summed E-state index contributed by atoms with van der Waals surface area (Å²) in [7, 11) is 0. The monoisotopic (exact) mass is 310 g/mol. The Bertz CT molecular complexity index is 679. The molecule has 0 bridgehead atoms. The Morgan fingerprint density at radius 2 is 2.13 bits per heavy atom. The summed E-state index contributed by atoms with van der Waals surface area (Å²) >= 11 is 0. The van der Waals surface area contributed by atoms with Crippen molar-refractivity contribution in [2.45, 2.75) is 32.4 Å². The quantitative estimate of drug-likeness (QED) is 0.873. The van der Waals surface area contributed by atoms with Crippen molar-refractivity contribution in [3.63, 3.8) is 0 Å². The van der Waals surface area contributed by atoms with Crippen LogP contribution in [0.1, 0.15) is 31.9 Å². The average molecular weight is 310 g/mol. The second kappa shape index (κ2) is 6.81. The molecule has 0 amide bonds. The number of fused-ring (bicyclic) bond motifs is 1. The minimum atomic E-state index is -0.512. The molecule has 0 saturated carbocycles. The largest absolute Gasteiger partial charge is 0.387 e. The van der Waals surface area contributed by atoms with Crippen molar-refractivity contribution in [1.82, 2.24) is 9.88 Å². The van der Waals surface area contributed by atoms with E-state index in [0.717, 1.165) is 36.0 Å². The van der Waals surface area contributed by atoms with Crippen LogP contribution < -0.4 is 0 Å². The van der Waals surface area contributed by atoms with Crippen LogP contribution in [0.2, 0.25) is 0 Å². The number of rotatable bonds is 4. The summed E-state index contributed by atoms with van der Waals surface area (Å²) in [6.45, 7) is 10.4. The molecule has 1 fully saturated rings. The molecule has 4 atom stereocenters. The van der Waals surface area contributed by atoms with E-state index in [2.05, 4.69) is 36.4 Å². The molecule has 0 aliphatic carbocycles. The van der Waals surface area contributed by atoms with E-state index in [1.807, 2.05) is 30.3 Å². The van der Waals surface area contributed by atoms with E-state index in [0.29, 0.717) is 11.8 Å². The first kappa shape index (κ1) is 16.2. The van der Waals surface area contributed by atoms with Crippen LogP contribution in [0.3, 0.4) is 0 Å². The highest BCUT2D eigenvalue weighted by Crippen LogP contribution is 2.31. The van der Waals surface area contributed by atoms with Gasteiger partial charge in [-0.15, -0.1) is 6.58 Å². The van der Waals surface area contributed by atoms with Gasteiger partial charge in [0.2, 0.25) is 0 Å². The van der Waals surface area contributed by atoms with Crippen molar-refractivity contribution in [2.75, 3.05) is 13.1 Å². The van der Waals surface area contributed by atoms with Crippen molar-refractivity contribution in [3.05, 3.63) is 54.7 Å². The lowest BCUT2D eigenvalue weighted by Crippen LogP contribution is -2.46. The zero-order valence-electron chi connectivity index (χ0n) is 14.0. The van der Waals surface area contributed by atoms with Gasteiger partial charge in [0, 0.05) is 24.2 Å². The topological polar surface area (TPSA) is 36.4 Å². The number of pyridine rings is 1. The molecule has 3 heteroatoms. The summed E-state index contributed by atoms with van der Waals surface area (Å²) in [6.07, 6.45) is 4.50. The van der Waals surface area contributed by atoms with Crippen molar-refractivity contribution in [1.29, 1.82) is 0 Å². The van der Waals surface area contributed by atoms with Crippen LogP contribution in [-0.4, -0.2) is 34.1 Å². The zero-order chi connectivity index (χ0) is 16.4. The van der Waals surface area contributed by atoms with Gasteiger partial charge in [0.05, 0.1) is 11.6 Å². The molecule has 4 unspecified atom stereocenters. The fourth-order valence-electron chi connectivity index (χ4n) is 3.64. The summed E-state index contributed by atoms with van der Waals surface area (Å²) in [6, 6.07) is 10.0. The normalized spacial score (nSPS) is 25.2. The highest BCUT2D eigenvalue weighted by atomic mass is 16.3. The molecule has 0 spiro atoms.